The number of ether oxygens (including phenoxy) is 1. The average molecular weight is 226 g/mol. The number of hydrogen-bond donors (Lipinski definition) is 0. The predicted octanol–water partition coefficient (Wildman–Crippen LogP) is 3.42. The lowest BCUT2D eigenvalue weighted by Crippen LogP contribution is -2.14. The lowest BCUT2D eigenvalue weighted by molar-refractivity contribution is 0.0852. The maximum Gasteiger partial charge on any atom is 0.129 e. The molecule has 0 aromatic heterocycles. The molecular formula is C13H16F2O. The highest BCUT2D eigenvalue weighted by Gasteiger charge is 2.19. The molecule has 1 fully saturated rings. The van der Waals surface area contributed by atoms with Crippen molar-refractivity contribution in [3.05, 3.63) is 34.9 Å². The smallest absolute Gasteiger partial charge is 0.129 e. The normalized spacial score (nSPS) is 17.7. The maximum absolute atomic E-state index is 13.6. The van der Waals surface area contributed by atoms with Crippen LogP contribution in [0.3, 0.4) is 0 Å². The van der Waals surface area contributed by atoms with Crippen LogP contribution in [0.15, 0.2) is 12.1 Å². The highest BCUT2D eigenvalue weighted by molar-refractivity contribution is 5.29. The van der Waals surface area contributed by atoms with Crippen molar-refractivity contribution in [3.63, 3.8) is 0 Å². The molecule has 1 aliphatic rings. The van der Waals surface area contributed by atoms with Crippen LogP contribution >= 0.6 is 0 Å². The SMILES string of the molecule is CCc1c(F)cc(C2CCOCC2)cc1F. The van der Waals surface area contributed by atoms with E-state index in [9.17, 15) is 8.78 Å². The second-order valence-electron chi connectivity index (χ2n) is 4.20. The van der Waals surface area contributed by atoms with Gasteiger partial charge in [-0.25, -0.2) is 8.78 Å². The van der Waals surface area contributed by atoms with Crippen LogP contribution in [0.5, 0.6) is 0 Å². The minimum atomic E-state index is -0.413. The van der Waals surface area contributed by atoms with Crippen LogP contribution in [0.1, 0.15) is 36.8 Å². The van der Waals surface area contributed by atoms with Crippen LogP contribution in [-0.4, -0.2) is 13.2 Å². The van der Waals surface area contributed by atoms with E-state index < -0.39 is 11.6 Å². The zero-order valence-electron chi connectivity index (χ0n) is 9.43. The summed E-state index contributed by atoms with van der Waals surface area (Å²) >= 11 is 0. The van der Waals surface area contributed by atoms with Gasteiger partial charge in [0.15, 0.2) is 0 Å². The van der Waals surface area contributed by atoms with Gasteiger partial charge in [0.25, 0.3) is 0 Å². The number of hydrogen-bond acceptors (Lipinski definition) is 1. The summed E-state index contributed by atoms with van der Waals surface area (Å²) in [6, 6.07) is 2.97. The van der Waals surface area contributed by atoms with Gasteiger partial charge in [-0.05, 0) is 42.9 Å². The van der Waals surface area contributed by atoms with Crippen molar-refractivity contribution in [3.8, 4) is 0 Å². The Labute approximate surface area is 94.4 Å². The summed E-state index contributed by atoms with van der Waals surface area (Å²) in [4.78, 5) is 0. The van der Waals surface area contributed by atoms with Gasteiger partial charge in [-0.1, -0.05) is 6.92 Å². The highest BCUT2D eigenvalue weighted by Crippen LogP contribution is 2.29. The summed E-state index contributed by atoms with van der Waals surface area (Å²) in [7, 11) is 0. The minimum absolute atomic E-state index is 0.191. The van der Waals surface area contributed by atoms with Gasteiger partial charge < -0.3 is 4.74 Å². The Balaban J connectivity index is 2.28. The second-order valence-corrected chi connectivity index (χ2v) is 4.20. The van der Waals surface area contributed by atoms with Crippen LogP contribution in [0.4, 0.5) is 8.78 Å². The van der Waals surface area contributed by atoms with Gasteiger partial charge in [-0.3, -0.25) is 0 Å². The minimum Gasteiger partial charge on any atom is -0.381 e. The lowest BCUT2D eigenvalue weighted by atomic mass is 9.90. The molecule has 0 saturated carbocycles. The largest absolute Gasteiger partial charge is 0.381 e. The van der Waals surface area contributed by atoms with Gasteiger partial charge in [0.05, 0.1) is 0 Å². The lowest BCUT2D eigenvalue weighted by Gasteiger charge is -2.22. The van der Waals surface area contributed by atoms with E-state index in [0.29, 0.717) is 19.6 Å². The summed E-state index contributed by atoms with van der Waals surface area (Å²) in [6.45, 7) is 3.13. The number of benzene rings is 1. The Morgan fingerprint density at radius 3 is 2.25 bits per heavy atom. The van der Waals surface area contributed by atoms with Crippen LogP contribution in [0.25, 0.3) is 0 Å². The van der Waals surface area contributed by atoms with E-state index in [0.717, 1.165) is 18.4 Å². The first kappa shape index (κ1) is 11.5. The number of rotatable bonds is 2. The van der Waals surface area contributed by atoms with E-state index in [2.05, 4.69) is 0 Å². The first-order valence-electron chi connectivity index (χ1n) is 5.78. The first-order valence-corrected chi connectivity index (χ1v) is 5.78. The predicted molar refractivity (Wildman–Crippen MR) is 58.5 cm³/mol. The maximum atomic E-state index is 13.6. The molecule has 88 valence electrons. The Morgan fingerprint density at radius 2 is 1.75 bits per heavy atom. The third-order valence-electron chi connectivity index (χ3n) is 3.21. The molecule has 1 heterocycles. The summed E-state index contributed by atoms with van der Waals surface area (Å²) < 4.78 is 32.4. The molecule has 1 nitrogen and oxygen atoms in total. The van der Waals surface area contributed by atoms with Gasteiger partial charge in [0, 0.05) is 18.8 Å². The summed E-state index contributed by atoms with van der Waals surface area (Å²) in [5, 5.41) is 0. The van der Waals surface area contributed by atoms with E-state index in [1.807, 2.05) is 0 Å². The Bertz CT molecular complexity index is 347. The Kier molecular flexibility index (Phi) is 3.54. The van der Waals surface area contributed by atoms with E-state index in [1.54, 1.807) is 6.92 Å². The topological polar surface area (TPSA) is 9.23 Å². The summed E-state index contributed by atoms with van der Waals surface area (Å²) in [6.07, 6.45) is 2.10. The van der Waals surface area contributed by atoms with Crippen molar-refractivity contribution >= 4 is 0 Å². The van der Waals surface area contributed by atoms with Crippen LogP contribution in [0.2, 0.25) is 0 Å². The monoisotopic (exact) mass is 226 g/mol. The van der Waals surface area contributed by atoms with Gasteiger partial charge in [0.2, 0.25) is 0 Å². The van der Waals surface area contributed by atoms with Crippen LogP contribution in [-0.2, 0) is 11.2 Å². The zero-order valence-corrected chi connectivity index (χ0v) is 9.43. The van der Waals surface area contributed by atoms with Gasteiger partial charge >= 0.3 is 0 Å². The molecule has 0 aliphatic carbocycles. The standard InChI is InChI=1S/C13H16F2O/c1-2-11-12(14)7-10(8-13(11)15)9-3-5-16-6-4-9/h7-9H,2-6H2,1H3. The average Bonchev–Trinajstić information content (AvgIpc) is 2.30. The van der Waals surface area contributed by atoms with E-state index in [-0.39, 0.29) is 11.5 Å². The molecule has 0 N–H and O–H groups in total. The fourth-order valence-corrected chi connectivity index (χ4v) is 2.23. The molecule has 3 heteroatoms. The van der Waals surface area contributed by atoms with Gasteiger partial charge in [-0.15, -0.1) is 0 Å². The van der Waals surface area contributed by atoms with Crippen molar-refractivity contribution in [1.29, 1.82) is 0 Å². The third-order valence-corrected chi connectivity index (χ3v) is 3.21. The fraction of sp³-hybridized carbons (Fsp3) is 0.538. The molecule has 1 aromatic carbocycles. The zero-order chi connectivity index (χ0) is 11.5. The van der Waals surface area contributed by atoms with Crippen molar-refractivity contribution in [2.45, 2.75) is 32.1 Å². The molecule has 0 amide bonds. The molecular weight excluding hydrogens is 210 g/mol. The molecule has 0 spiro atoms. The van der Waals surface area contributed by atoms with Crippen molar-refractivity contribution < 1.29 is 13.5 Å². The van der Waals surface area contributed by atoms with Gasteiger partial charge in [0.1, 0.15) is 11.6 Å². The van der Waals surface area contributed by atoms with E-state index >= 15 is 0 Å². The van der Waals surface area contributed by atoms with Crippen molar-refractivity contribution in [2.75, 3.05) is 13.2 Å². The van der Waals surface area contributed by atoms with Crippen LogP contribution < -0.4 is 0 Å². The van der Waals surface area contributed by atoms with Crippen molar-refractivity contribution in [1.82, 2.24) is 0 Å². The Hall–Kier alpha value is -0.960. The molecule has 0 radical (unpaired) electrons. The quantitative estimate of drug-likeness (QED) is 0.750. The van der Waals surface area contributed by atoms with Crippen LogP contribution in [0, 0.1) is 11.6 Å². The molecule has 0 bridgehead atoms. The molecule has 1 aromatic rings. The molecule has 0 unspecified atom stereocenters. The Morgan fingerprint density at radius 1 is 1.19 bits per heavy atom. The second kappa shape index (κ2) is 4.91. The highest BCUT2D eigenvalue weighted by atomic mass is 19.1. The number of halogens is 2. The van der Waals surface area contributed by atoms with Crippen molar-refractivity contribution in [2.24, 2.45) is 0 Å². The van der Waals surface area contributed by atoms with E-state index in [4.69, 9.17) is 4.74 Å². The molecule has 0 atom stereocenters. The fourth-order valence-electron chi connectivity index (χ4n) is 2.23. The van der Waals surface area contributed by atoms with E-state index in [1.165, 1.54) is 12.1 Å². The third kappa shape index (κ3) is 2.24. The summed E-state index contributed by atoms with van der Waals surface area (Å²) in [5.74, 6) is -0.586. The van der Waals surface area contributed by atoms with Gasteiger partial charge in [-0.2, -0.15) is 0 Å². The first-order chi connectivity index (χ1) is 7.72. The molecule has 2 rings (SSSR count). The molecule has 1 aliphatic heterocycles. The molecule has 1 saturated heterocycles. The summed E-state index contributed by atoms with van der Waals surface area (Å²) in [5.41, 5.74) is 0.964. The molecule has 16 heavy (non-hydrogen) atoms.